The minimum Gasteiger partial charge on any atom is -0.460 e. The molecule has 0 saturated carbocycles. The molecule has 5 nitrogen and oxygen atoms in total. The number of halogens is 1. The molecule has 2 rings (SSSR count). The molecule has 20 heavy (non-hydrogen) atoms. The van der Waals surface area contributed by atoms with Gasteiger partial charge in [0, 0.05) is 32.4 Å². The van der Waals surface area contributed by atoms with Gasteiger partial charge in [0.15, 0.2) is 5.82 Å². The summed E-state index contributed by atoms with van der Waals surface area (Å²) in [6.45, 7) is 4.95. The predicted octanol–water partition coefficient (Wildman–Crippen LogP) is 1.95. The van der Waals surface area contributed by atoms with Gasteiger partial charge in [0.05, 0.1) is 12.4 Å². The van der Waals surface area contributed by atoms with Gasteiger partial charge in [0.25, 0.3) is 0 Å². The molecule has 1 aliphatic heterocycles. The summed E-state index contributed by atoms with van der Waals surface area (Å²) in [5.74, 6) is -0.332. The topological polar surface area (TPSA) is 55.3 Å². The highest BCUT2D eigenvalue weighted by Crippen LogP contribution is 2.16. The van der Waals surface area contributed by atoms with Crippen molar-refractivity contribution in [3.05, 3.63) is 30.9 Å². The first-order chi connectivity index (χ1) is 9.69. The molecule has 6 heteroatoms. The van der Waals surface area contributed by atoms with E-state index in [1.165, 1.54) is 0 Å². The number of carbonyl (C=O) groups is 1. The lowest BCUT2D eigenvalue weighted by Crippen LogP contribution is -2.41. The van der Waals surface area contributed by atoms with Crippen LogP contribution in [-0.4, -0.2) is 40.0 Å². The number of hydrogen-bond acceptors (Lipinski definition) is 4. The van der Waals surface area contributed by atoms with Crippen LogP contribution in [-0.2, 0) is 4.79 Å². The zero-order valence-electron chi connectivity index (χ0n) is 11.3. The van der Waals surface area contributed by atoms with E-state index in [4.69, 9.17) is 4.74 Å². The minimum absolute atomic E-state index is 0.0242. The van der Waals surface area contributed by atoms with Crippen LogP contribution in [0, 0.1) is 5.82 Å². The highest BCUT2D eigenvalue weighted by atomic mass is 19.1. The van der Waals surface area contributed by atoms with Crippen LogP contribution in [0.4, 0.5) is 4.39 Å². The first kappa shape index (κ1) is 14.4. The van der Waals surface area contributed by atoms with Gasteiger partial charge < -0.3 is 9.64 Å². The Balaban J connectivity index is 1.78. The standard InChI is InChI=1S/C14H18FN3O2/c1-2-3-4-13(19)18-7-5-12(6-8-18)20-14-16-9-11(15)10-17-14/h2,9-10,12H,1,3-8H2. The van der Waals surface area contributed by atoms with Crippen molar-refractivity contribution < 1.29 is 13.9 Å². The molecule has 0 N–H and O–H groups in total. The molecular weight excluding hydrogens is 261 g/mol. The molecule has 0 bridgehead atoms. The van der Waals surface area contributed by atoms with E-state index in [9.17, 15) is 9.18 Å². The van der Waals surface area contributed by atoms with E-state index in [2.05, 4.69) is 16.5 Å². The van der Waals surface area contributed by atoms with Gasteiger partial charge >= 0.3 is 6.01 Å². The summed E-state index contributed by atoms with van der Waals surface area (Å²) in [6.07, 6.45) is 6.58. The molecule has 1 aromatic rings. The van der Waals surface area contributed by atoms with Crippen molar-refractivity contribution in [3.8, 4) is 6.01 Å². The van der Waals surface area contributed by atoms with E-state index >= 15 is 0 Å². The van der Waals surface area contributed by atoms with Crippen LogP contribution in [0.1, 0.15) is 25.7 Å². The van der Waals surface area contributed by atoms with Crippen molar-refractivity contribution >= 4 is 5.91 Å². The SMILES string of the molecule is C=CCCC(=O)N1CCC(Oc2ncc(F)cn2)CC1. The number of hydrogen-bond donors (Lipinski definition) is 0. The Kier molecular flexibility index (Phi) is 5.03. The Bertz CT molecular complexity index is 456. The number of aromatic nitrogens is 2. The molecule has 2 heterocycles. The first-order valence-corrected chi connectivity index (χ1v) is 6.72. The van der Waals surface area contributed by atoms with Crippen LogP contribution in [0.5, 0.6) is 6.01 Å². The fraction of sp³-hybridized carbons (Fsp3) is 0.500. The Labute approximate surface area is 117 Å². The van der Waals surface area contributed by atoms with Crippen LogP contribution in [0.2, 0.25) is 0 Å². The number of rotatable bonds is 5. The zero-order chi connectivity index (χ0) is 14.4. The van der Waals surface area contributed by atoms with Gasteiger partial charge in [0.1, 0.15) is 6.10 Å². The maximum Gasteiger partial charge on any atom is 0.316 e. The molecule has 0 radical (unpaired) electrons. The van der Waals surface area contributed by atoms with E-state index in [0.29, 0.717) is 25.9 Å². The van der Waals surface area contributed by atoms with Gasteiger partial charge in [-0.05, 0) is 6.42 Å². The van der Waals surface area contributed by atoms with E-state index in [1.54, 1.807) is 6.08 Å². The summed E-state index contributed by atoms with van der Waals surface area (Å²) in [5.41, 5.74) is 0. The van der Waals surface area contributed by atoms with E-state index in [1.807, 2.05) is 4.90 Å². The summed E-state index contributed by atoms with van der Waals surface area (Å²) >= 11 is 0. The normalized spacial score (nSPS) is 15.9. The third-order valence-corrected chi connectivity index (χ3v) is 3.23. The molecule has 108 valence electrons. The smallest absolute Gasteiger partial charge is 0.316 e. The zero-order valence-corrected chi connectivity index (χ0v) is 11.3. The average Bonchev–Trinajstić information content (AvgIpc) is 2.48. The maximum atomic E-state index is 12.7. The van der Waals surface area contributed by atoms with Crippen molar-refractivity contribution in [2.45, 2.75) is 31.8 Å². The monoisotopic (exact) mass is 279 g/mol. The first-order valence-electron chi connectivity index (χ1n) is 6.72. The Morgan fingerprint density at radius 3 is 2.70 bits per heavy atom. The average molecular weight is 279 g/mol. The number of amides is 1. The van der Waals surface area contributed by atoms with Crippen molar-refractivity contribution in [2.24, 2.45) is 0 Å². The molecule has 1 fully saturated rings. The van der Waals surface area contributed by atoms with Gasteiger partial charge in [-0.3, -0.25) is 4.79 Å². The van der Waals surface area contributed by atoms with Gasteiger partial charge in [-0.2, -0.15) is 0 Å². The number of nitrogens with zero attached hydrogens (tertiary/aromatic N) is 3. The highest BCUT2D eigenvalue weighted by Gasteiger charge is 2.23. The van der Waals surface area contributed by atoms with Crippen LogP contribution >= 0.6 is 0 Å². The number of likely N-dealkylation sites (tertiary alicyclic amines) is 1. The van der Waals surface area contributed by atoms with E-state index in [-0.39, 0.29) is 18.0 Å². The summed E-state index contributed by atoms with van der Waals surface area (Å²) in [5, 5.41) is 0. The predicted molar refractivity (Wildman–Crippen MR) is 71.7 cm³/mol. The van der Waals surface area contributed by atoms with Crippen molar-refractivity contribution in [1.29, 1.82) is 0 Å². The fourth-order valence-corrected chi connectivity index (χ4v) is 2.12. The third kappa shape index (κ3) is 4.01. The largest absolute Gasteiger partial charge is 0.460 e. The molecule has 0 unspecified atom stereocenters. The van der Waals surface area contributed by atoms with Gasteiger partial charge in [-0.15, -0.1) is 6.58 Å². The van der Waals surface area contributed by atoms with Gasteiger partial charge in [-0.1, -0.05) is 6.08 Å². The van der Waals surface area contributed by atoms with Crippen LogP contribution in [0.25, 0.3) is 0 Å². The second kappa shape index (κ2) is 6.98. The lowest BCUT2D eigenvalue weighted by Gasteiger charge is -2.31. The molecule has 0 aromatic carbocycles. The van der Waals surface area contributed by atoms with Gasteiger partial charge in [0.2, 0.25) is 5.91 Å². The summed E-state index contributed by atoms with van der Waals surface area (Å²) in [7, 11) is 0. The fourth-order valence-electron chi connectivity index (χ4n) is 2.12. The number of carbonyl (C=O) groups excluding carboxylic acids is 1. The molecule has 0 atom stereocenters. The van der Waals surface area contributed by atoms with Crippen LogP contribution < -0.4 is 4.74 Å². The third-order valence-electron chi connectivity index (χ3n) is 3.23. The van der Waals surface area contributed by atoms with E-state index in [0.717, 1.165) is 25.2 Å². The maximum absolute atomic E-state index is 12.7. The van der Waals surface area contributed by atoms with Crippen molar-refractivity contribution in [3.63, 3.8) is 0 Å². The molecule has 1 aromatic heterocycles. The van der Waals surface area contributed by atoms with Crippen molar-refractivity contribution in [1.82, 2.24) is 14.9 Å². The molecule has 0 aliphatic carbocycles. The molecule has 1 amide bonds. The molecular formula is C14H18FN3O2. The lowest BCUT2D eigenvalue weighted by atomic mass is 10.1. The highest BCUT2D eigenvalue weighted by molar-refractivity contribution is 5.76. The molecule has 1 saturated heterocycles. The Hall–Kier alpha value is -1.98. The van der Waals surface area contributed by atoms with Gasteiger partial charge in [-0.25, -0.2) is 14.4 Å². The van der Waals surface area contributed by atoms with Crippen LogP contribution in [0.3, 0.4) is 0 Å². The Morgan fingerprint density at radius 2 is 2.10 bits per heavy atom. The summed E-state index contributed by atoms with van der Waals surface area (Å²) < 4.78 is 18.3. The minimum atomic E-state index is -0.486. The number of piperidine rings is 1. The second-order valence-electron chi connectivity index (χ2n) is 4.71. The molecule has 1 aliphatic rings. The number of ether oxygens (including phenoxy) is 1. The second-order valence-corrected chi connectivity index (χ2v) is 4.71. The van der Waals surface area contributed by atoms with Crippen LogP contribution in [0.15, 0.2) is 25.0 Å². The number of allylic oxidation sites excluding steroid dienone is 1. The summed E-state index contributed by atoms with van der Waals surface area (Å²) in [4.78, 5) is 21.2. The summed E-state index contributed by atoms with van der Waals surface area (Å²) in [6, 6.07) is 0.183. The van der Waals surface area contributed by atoms with E-state index < -0.39 is 5.82 Å². The molecule has 0 spiro atoms. The Morgan fingerprint density at radius 1 is 1.45 bits per heavy atom. The van der Waals surface area contributed by atoms with Crippen molar-refractivity contribution in [2.75, 3.05) is 13.1 Å². The quantitative estimate of drug-likeness (QED) is 0.773. The lowest BCUT2D eigenvalue weighted by molar-refractivity contribution is -0.132.